The highest BCUT2D eigenvalue weighted by Gasteiger charge is 2.36. The van der Waals surface area contributed by atoms with Crippen molar-refractivity contribution in [3.05, 3.63) is 64.7 Å². The zero-order valence-electron chi connectivity index (χ0n) is 13.1. The summed E-state index contributed by atoms with van der Waals surface area (Å²) in [5.41, 5.74) is 5.23. The number of carbonyl (C=O) groups excluding carboxylic acids is 1. The zero-order chi connectivity index (χ0) is 15.9. The van der Waals surface area contributed by atoms with Crippen molar-refractivity contribution >= 4 is 27.5 Å². The topological polar surface area (TPSA) is 20.3 Å². The highest BCUT2D eigenvalue weighted by molar-refractivity contribution is 9.09. The number of para-hydroxylation sites is 1. The Labute approximate surface area is 140 Å². The number of hydrogen-bond acceptors (Lipinski definition) is 1. The molecule has 2 aromatic carbocycles. The van der Waals surface area contributed by atoms with Crippen LogP contribution in [0.4, 0.5) is 5.69 Å². The highest BCUT2D eigenvalue weighted by atomic mass is 79.9. The molecule has 1 amide bonds. The van der Waals surface area contributed by atoms with E-state index in [0.717, 1.165) is 34.4 Å². The van der Waals surface area contributed by atoms with Crippen molar-refractivity contribution < 1.29 is 4.79 Å². The van der Waals surface area contributed by atoms with Crippen LogP contribution in [0.1, 0.15) is 34.0 Å². The summed E-state index contributed by atoms with van der Waals surface area (Å²) < 4.78 is 0. The molecule has 0 radical (unpaired) electrons. The maximum absolute atomic E-state index is 13.2. The molecule has 1 aliphatic heterocycles. The fourth-order valence-corrected chi connectivity index (χ4v) is 3.71. The molecule has 22 heavy (non-hydrogen) atoms. The SMILES string of the molecule is Cc1ccccc1N1C(=O)c2c(C)cccc2CC1C(C)Br. The largest absolute Gasteiger partial charge is 0.304 e. The van der Waals surface area contributed by atoms with Crippen molar-refractivity contribution in [1.82, 2.24) is 0 Å². The number of halogens is 1. The van der Waals surface area contributed by atoms with Gasteiger partial charge in [-0.15, -0.1) is 0 Å². The fraction of sp³-hybridized carbons (Fsp3) is 0.316. The van der Waals surface area contributed by atoms with Crippen molar-refractivity contribution in [2.75, 3.05) is 4.90 Å². The summed E-state index contributed by atoms with van der Waals surface area (Å²) in [6.07, 6.45) is 0.878. The number of amides is 1. The molecule has 2 nitrogen and oxygen atoms in total. The summed E-state index contributed by atoms with van der Waals surface area (Å²) >= 11 is 3.70. The molecule has 2 unspecified atom stereocenters. The van der Waals surface area contributed by atoms with Crippen LogP contribution in [-0.2, 0) is 6.42 Å². The average molecular weight is 358 g/mol. The minimum Gasteiger partial charge on any atom is -0.304 e. The molecule has 0 N–H and O–H groups in total. The predicted molar refractivity (Wildman–Crippen MR) is 95.0 cm³/mol. The van der Waals surface area contributed by atoms with E-state index in [-0.39, 0.29) is 16.8 Å². The van der Waals surface area contributed by atoms with Crippen LogP contribution in [-0.4, -0.2) is 16.8 Å². The van der Waals surface area contributed by atoms with Crippen molar-refractivity contribution in [3.8, 4) is 0 Å². The molecule has 0 bridgehead atoms. The second-order valence-electron chi connectivity index (χ2n) is 6.02. The summed E-state index contributed by atoms with van der Waals surface area (Å²) in [6.45, 7) is 6.20. The van der Waals surface area contributed by atoms with Gasteiger partial charge in [-0.2, -0.15) is 0 Å². The number of rotatable bonds is 2. The van der Waals surface area contributed by atoms with Gasteiger partial charge in [0.1, 0.15) is 0 Å². The molecule has 2 atom stereocenters. The van der Waals surface area contributed by atoms with Gasteiger partial charge in [-0.1, -0.05) is 59.3 Å². The van der Waals surface area contributed by atoms with Gasteiger partial charge in [-0.3, -0.25) is 4.79 Å². The van der Waals surface area contributed by atoms with E-state index in [1.54, 1.807) is 0 Å². The summed E-state index contributed by atoms with van der Waals surface area (Å²) in [5, 5.41) is 0. The summed E-state index contributed by atoms with van der Waals surface area (Å²) in [6, 6.07) is 14.4. The number of carbonyl (C=O) groups is 1. The maximum atomic E-state index is 13.2. The molecule has 0 saturated heterocycles. The van der Waals surface area contributed by atoms with E-state index < -0.39 is 0 Å². The first-order chi connectivity index (χ1) is 10.5. The van der Waals surface area contributed by atoms with Crippen LogP contribution in [0.25, 0.3) is 0 Å². The van der Waals surface area contributed by atoms with E-state index in [1.165, 1.54) is 0 Å². The van der Waals surface area contributed by atoms with Crippen molar-refractivity contribution in [2.24, 2.45) is 0 Å². The van der Waals surface area contributed by atoms with Crippen LogP contribution in [0.2, 0.25) is 0 Å². The van der Waals surface area contributed by atoms with Crippen LogP contribution in [0.5, 0.6) is 0 Å². The molecule has 0 aromatic heterocycles. The monoisotopic (exact) mass is 357 g/mol. The quantitative estimate of drug-likeness (QED) is 0.715. The Balaban J connectivity index is 2.17. The van der Waals surface area contributed by atoms with Gasteiger partial charge in [0.2, 0.25) is 0 Å². The lowest BCUT2D eigenvalue weighted by Gasteiger charge is -2.39. The molecule has 0 fully saturated rings. The Hall–Kier alpha value is -1.61. The third-order valence-corrected chi connectivity index (χ3v) is 5.07. The molecule has 3 rings (SSSR count). The third kappa shape index (κ3) is 2.48. The Morgan fingerprint density at radius 1 is 1.09 bits per heavy atom. The van der Waals surface area contributed by atoms with Crippen LogP contribution < -0.4 is 4.90 Å². The van der Waals surface area contributed by atoms with E-state index in [1.807, 2.05) is 42.2 Å². The molecule has 0 spiro atoms. The molecule has 0 aliphatic carbocycles. The number of alkyl halides is 1. The molecule has 3 heteroatoms. The van der Waals surface area contributed by atoms with Crippen molar-refractivity contribution in [1.29, 1.82) is 0 Å². The lowest BCUT2D eigenvalue weighted by molar-refractivity contribution is 0.0966. The first-order valence-electron chi connectivity index (χ1n) is 7.62. The first-order valence-corrected chi connectivity index (χ1v) is 8.54. The first kappa shape index (κ1) is 15.3. The molecule has 1 aliphatic rings. The normalized spacial score (nSPS) is 19.0. The number of nitrogens with zero attached hydrogens (tertiary/aromatic N) is 1. The van der Waals surface area contributed by atoms with Gasteiger partial charge in [0.05, 0.1) is 6.04 Å². The molecule has 0 saturated carbocycles. The van der Waals surface area contributed by atoms with Gasteiger partial charge in [0, 0.05) is 16.1 Å². The smallest absolute Gasteiger partial charge is 0.259 e. The maximum Gasteiger partial charge on any atom is 0.259 e. The van der Waals surface area contributed by atoms with E-state index in [2.05, 4.69) is 41.9 Å². The average Bonchev–Trinajstić information content (AvgIpc) is 2.48. The van der Waals surface area contributed by atoms with E-state index in [0.29, 0.717) is 0 Å². The second-order valence-corrected chi connectivity index (χ2v) is 7.46. The Morgan fingerprint density at radius 2 is 1.77 bits per heavy atom. The summed E-state index contributed by atoms with van der Waals surface area (Å²) in [4.78, 5) is 15.4. The van der Waals surface area contributed by atoms with Crippen LogP contribution >= 0.6 is 15.9 Å². The molecule has 114 valence electrons. The minimum absolute atomic E-state index is 0.116. The van der Waals surface area contributed by atoms with Gasteiger partial charge in [-0.25, -0.2) is 0 Å². The van der Waals surface area contributed by atoms with Crippen LogP contribution in [0.15, 0.2) is 42.5 Å². The standard InChI is InChI=1S/C19H20BrNO/c1-12-7-4-5-10-16(12)21-17(14(3)20)11-15-9-6-8-13(2)18(15)19(21)22/h4-10,14,17H,11H2,1-3H3. The van der Waals surface area contributed by atoms with Crippen molar-refractivity contribution in [2.45, 2.75) is 38.1 Å². The Morgan fingerprint density at radius 3 is 2.45 bits per heavy atom. The van der Waals surface area contributed by atoms with Gasteiger partial charge in [0.15, 0.2) is 0 Å². The van der Waals surface area contributed by atoms with E-state index in [4.69, 9.17) is 0 Å². The summed E-state index contributed by atoms with van der Waals surface area (Å²) in [7, 11) is 0. The number of anilines is 1. The molecule has 2 aromatic rings. The Kier molecular flexibility index (Phi) is 4.09. The van der Waals surface area contributed by atoms with E-state index >= 15 is 0 Å². The van der Waals surface area contributed by atoms with Gasteiger partial charge in [-0.05, 0) is 43.0 Å². The summed E-state index contributed by atoms with van der Waals surface area (Å²) in [5.74, 6) is 0.116. The molecular formula is C19H20BrNO. The number of fused-ring (bicyclic) bond motifs is 1. The second kappa shape index (κ2) is 5.88. The number of hydrogen-bond donors (Lipinski definition) is 0. The van der Waals surface area contributed by atoms with Gasteiger partial charge in [0.25, 0.3) is 5.91 Å². The molecule has 1 heterocycles. The zero-order valence-corrected chi connectivity index (χ0v) is 14.7. The van der Waals surface area contributed by atoms with Gasteiger partial charge >= 0.3 is 0 Å². The van der Waals surface area contributed by atoms with Crippen molar-refractivity contribution in [3.63, 3.8) is 0 Å². The highest BCUT2D eigenvalue weighted by Crippen LogP contribution is 2.34. The number of benzene rings is 2. The lowest BCUT2D eigenvalue weighted by Crippen LogP contribution is -2.50. The third-order valence-electron chi connectivity index (χ3n) is 4.46. The van der Waals surface area contributed by atoms with E-state index in [9.17, 15) is 4.79 Å². The van der Waals surface area contributed by atoms with Crippen LogP contribution in [0.3, 0.4) is 0 Å². The van der Waals surface area contributed by atoms with Crippen LogP contribution in [0, 0.1) is 13.8 Å². The predicted octanol–water partition coefficient (Wildman–Crippen LogP) is 4.66. The lowest BCUT2D eigenvalue weighted by atomic mass is 9.88. The Bertz CT molecular complexity index is 723. The minimum atomic E-state index is 0.116. The van der Waals surface area contributed by atoms with Gasteiger partial charge < -0.3 is 4.90 Å². The number of aryl methyl sites for hydroxylation is 2. The fourth-order valence-electron chi connectivity index (χ4n) is 3.28. The molecular weight excluding hydrogens is 338 g/mol.